The zero-order chi connectivity index (χ0) is 16.8. The number of aryl methyl sites for hydroxylation is 1. The Balaban J connectivity index is 1.67. The van der Waals surface area contributed by atoms with Crippen LogP contribution < -0.4 is 10.6 Å². The molecule has 5 nitrogen and oxygen atoms in total. The van der Waals surface area contributed by atoms with Gasteiger partial charge in [0.1, 0.15) is 0 Å². The summed E-state index contributed by atoms with van der Waals surface area (Å²) in [6.45, 7) is 2.63. The summed E-state index contributed by atoms with van der Waals surface area (Å²) in [6.07, 6.45) is 6.76. The number of benzene rings is 1. The molecule has 0 saturated heterocycles. The highest BCUT2D eigenvalue weighted by Crippen LogP contribution is 2.14. The van der Waals surface area contributed by atoms with Crippen molar-refractivity contribution < 1.29 is 4.79 Å². The molecule has 2 heterocycles. The minimum absolute atomic E-state index is 0.180. The van der Waals surface area contributed by atoms with E-state index in [9.17, 15) is 4.79 Å². The Labute approximate surface area is 140 Å². The highest BCUT2D eigenvalue weighted by atomic mass is 16.1. The summed E-state index contributed by atoms with van der Waals surface area (Å²) in [5, 5.41) is 6.14. The van der Waals surface area contributed by atoms with Gasteiger partial charge in [0.2, 0.25) is 0 Å². The molecule has 0 bridgehead atoms. The van der Waals surface area contributed by atoms with Crippen molar-refractivity contribution in [3.05, 3.63) is 83.9 Å². The van der Waals surface area contributed by atoms with Crippen LogP contribution in [0.25, 0.3) is 0 Å². The Morgan fingerprint density at radius 2 is 1.83 bits per heavy atom. The number of carbonyl (C=O) groups is 1. The molecule has 120 valence electrons. The lowest BCUT2D eigenvalue weighted by atomic mass is 10.2. The monoisotopic (exact) mass is 318 g/mol. The fourth-order valence-electron chi connectivity index (χ4n) is 2.29. The molecule has 0 aliphatic heterocycles. The van der Waals surface area contributed by atoms with Crippen LogP contribution >= 0.6 is 0 Å². The second kappa shape index (κ2) is 7.37. The van der Waals surface area contributed by atoms with E-state index in [4.69, 9.17) is 0 Å². The van der Waals surface area contributed by atoms with E-state index >= 15 is 0 Å². The topological polar surface area (TPSA) is 66.9 Å². The van der Waals surface area contributed by atoms with Crippen LogP contribution in [0.3, 0.4) is 0 Å². The van der Waals surface area contributed by atoms with E-state index < -0.39 is 0 Å². The van der Waals surface area contributed by atoms with Crippen LogP contribution in [0, 0.1) is 6.92 Å². The lowest BCUT2D eigenvalue weighted by molar-refractivity contribution is 0.102. The summed E-state index contributed by atoms with van der Waals surface area (Å²) < 4.78 is 0. The summed E-state index contributed by atoms with van der Waals surface area (Å²) in [6, 6.07) is 13.4. The normalized spacial score (nSPS) is 10.2. The maximum absolute atomic E-state index is 12.4. The molecule has 5 heteroatoms. The van der Waals surface area contributed by atoms with Gasteiger partial charge in [-0.2, -0.15) is 0 Å². The van der Waals surface area contributed by atoms with Gasteiger partial charge in [0.05, 0.1) is 11.3 Å². The minimum Gasteiger partial charge on any atom is -0.380 e. The van der Waals surface area contributed by atoms with Crippen LogP contribution in [0.15, 0.2) is 67.3 Å². The van der Waals surface area contributed by atoms with Gasteiger partial charge in [-0.05, 0) is 48.4 Å². The number of nitrogens with one attached hydrogen (secondary N) is 2. The van der Waals surface area contributed by atoms with Gasteiger partial charge < -0.3 is 10.6 Å². The van der Waals surface area contributed by atoms with E-state index in [0.717, 1.165) is 22.5 Å². The minimum atomic E-state index is -0.180. The van der Waals surface area contributed by atoms with E-state index in [2.05, 4.69) is 20.6 Å². The molecule has 2 aromatic heterocycles. The fourth-order valence-corrected chi connectivity index (χ4v) is 2.29. The SMILES string of the molecule is Cc1cccc(NC(=O)c2cncc(NCc3ccncc3)c2)c1. The van der Waals surface area contributed by atoms with Gasteiger partial charge in [0.15, 0.2) is 0 Å². The number of rotatable bonds is 5. The van der Waals surface area contributed by atoms with Gasteiger partial charge >= 0.3 is 0 Å². The summed E-state index contributed by atoms with van der Waals surface area (Å²) in [4.78, 5) is 20.5. The largest absolute Gasteiger partial charge is 0.380 e. The third kappa shape index (κ3) is 4.16. The first-order valence-electron chi connectivity index (χ1n) is 7.66. The molecule has 0 unspecified atom stereocenters. The molecule has 1 amide bonds. The van der Waals surface area contributed by atoms with Gasteiger partial charge in [0.25, 0.3) is 5.91 Å². The molecule has 0 atom stereocenters. The third-order valence-corrected chi connectivity index (χ3v) is 3.52. The predicted octanol–water partition coefficient (Wildman–Crippen LogP) is 3.65. The molecule has 2 N–H and O–H groups in total. The highest BCUT2D eigenvalue weighted by Gasteiger charge is 2.07. The number of hydrogen-bond donors (Lipinski definition) is 2. The number of pyridine rings is 2. The lowest BCUT2D eigenvalue weighted by Gasteiger charge is -2.09. The van der Waals surface area contributed by atoms with Crippen LogP contribution in [0.4, 0.5) is 11.4 Å². The number of carbonyl (C=O) groups excluding carboxylic acids is 1. The summed E-state index contributed by atoms with van der Waals surface area (Å²) in [7, 11) is 0. The van der Waals surface area contributed by atoms with Crippen molar-refractivity contribution in [3.63, 3.8) is 0 Å². The fraction of sp³-hybridized carbons (Fsp3) is 0.105. The Hall–Kier alpha value is -3.21. The number of amides is 1. The zero-order valence-corrected chi connectivity index (χ0v) is 13.4. The van der Waals surface area contributed by atoms with Gasteiger partial charge in [-0.15, -0.1) is 0 Å². The van der Waals surface area contributed by atoms with E-state index in [-0.39, 0.29) is 5.91 Å². The van der Waals surface area contributed by atoms with E-state index in [1.54, 1.807) is 30.9 Å². The Morgan fingerprint density at radius 1 is 1.00 bits per heavy atom. The van der Waals surface area contributed by atoms with Gasteiger partial charge in [-0.1, -0.05) is 12.1 Å². The molecule has 0 fully saturated rings. The number of anilines is 2. The first kappa shape index (κ1) is 15.7. The van der Waals surface area contributed by atoms with Crippen LogP contribution in [-0.2, 0) is 6.54 Å². The number of hydrogen-bond acceptors (Lipinski definition) is 4. The van der Waals surface area contributed by atoms with Crippen molar-refractivity contribution in [2.75, 3.05) is 10.6 Å². The molecule has 3 aromatic rings. The van der Waals surface area contributed by atoms with Crippen molar-refractivity contribution >= 4 is 17.3 Å². The molecular formula is C19H18N4O. The van der Waals surface area contributed by atoms with Gasteiger partial charge in [-0.3, -0.25) is 14.8 Å². The summed E-state index contributed by atoms with van der Waals surface area (Å²) in [5.74, 6) is -0.180. The molecular weight excluding hydrogens is 300 g/mol. The molecule has 1 aromatic carbocycles. The summed E-state index contributed by atoms with van der Waals surface area (Å²) in [5.41, 5.74) is 4.29. The molecule has 0 aliphatic carbocycles. The molecule has 0 radical (unpaired) electrons. The average Bonchev–Trinajstić information content (AvgIpc) is 2.61. The van der Waals surface area contributed by atoms with E-state index in [1.807, 2.05) is 43.3 Å². The number of nitrogens with zero attached hydrogens (tertiary/aromatic N) is 2. The molecule has 3 rings (SSSR count). The van der Waals surface area contributed by atoms with E-state index in [1.165, 1.54) is 0 Å². The number of aromatic nitrogens is 2. The van der Waals surface area contributed by atoms with Crippen LogP contribution in [0.2, 0.25) is 0 Å². The zero-order valence-electron chi connectivity index (χ0n) is 13.4. The molecule has 0 spiro atoms. The van der Waals surface area contributed by atoms with Crippen molar-refractivity contribution in [2.24, 2.45) is 0 Å². The highest BCUT2D eigenvalue weighted by molar-refractivity contribution is 6.04. The van der Waals surface area contributed by atoms with Gasteiger partial charge in [0, 0.05) is 37.0 Å². The standard InChI is InChI=1S/C19H18N4O/c1-14-3-2-4-17(9-14)23-19(24)16-10-18(13-21-12-16)22-11-15-5-7-20-8-6-15/h2-10,12-13,22H,11H2,1H3,(H,23,24). The first-order chi connectivity index (χ1) is 11.7. The summed E-state index contributed by atoms with van der Waals surface area (Å²) >= 11 is 0. The van der Waals surface area contributed by atoms with Gasteiger partial charge in [-0.25, -0.2) is 0 Å². The van der Waals surface area contributed by atoms with Crippen LogP contribution in [-0.4, -0.2) is 15.9 Å². The smallest absolute Gasteiger partial charge is 0.257 e. The van der Waals surface area contributed by atoms with Crippen molar-refractivity contribution in [3.8, 4) is 0 Å². The molecule has 0 aliphatic rings. The van der Waals surface area contributed by atoms with Crippen molar-refractivity contribution in [1.82, 2.24) is 9.97 Å². The first-order valence-corrected chi connectivity index (χ1v) is 7.66. The Bertz CT molecular complexity index is 834. The maximum atomic E-state index is 12.4. The Kier molecular flexibility index (Phi) is 4.81. The quantitative estimate of drug-likeness (QED) is 0.753. The van der Waals surface area contributed by atoms with E-state index in [0.29, 0.717) is 12.1 Å². The van der Waals surface area contributed by atoms with Crippen LogP contribution in [0.5, 0.6) is 0 Å². The molecule has 0 saturated carbocycles. The van der Waals surface area contributed by atoms with Crippen molar-refractivity contribution in [1.29, 1.82) is 0 Å². The predicted molar refractivity (Wildman–Crippen MR) is 94.9 cm³/mol. The Morgan fingerprint density at radius 3 is 2.62 bits per heavy atom. The van der Waals surface area contributed by atoms with Crippen molar-refractivity contribution in [2.45, 2.75) is 13.5 Å². The molecule has 24 heavy (non-hydrogen) atoms. The third-order valence-electron chi connectivity index (χ3n) is 3.52. The second-order valence-corrected chi connectivity index (χ2v) is 5.49. The maximum Gasteiger partial charge on any atom is 0.257 e. The van der Waals surface area contributed by atoms with Crippen LogP contribution in [0.1, 0.15) is 21.5 Å². The lowest BCUT2D eigenvalue weighted by Crippen LogP contribution is -2.13. The average molecular weight is 318 g/mol. The second-order valence-electron chi connectivity index (χ2n) is 5.49.